The highest BCUT2D eigenvalue weighted by molar-refractivity contribution is 7.15. The Hall–Kier alpha value is -3.04. The van der Waals surface area contributed by atoms with E-state index in [1.807, 2.05) is 36.6 Å². The van der Waals surface area contributed by atoms with Crippen LogP contribution in [-0.4, -0.2) is 59.0 Å². The first-order chi connectivity index (χ1) is 17.4. The van der Waals surface area contributed by atoms with Gasteiger partial charge in [-0.1, -0.05) is 6.92 Å². The van der Waals surface area contributed by atoms with E-state index in [2.05, 4.69) is 22.5 Å². The molecule has 8 nitrogen and oxygen atoms in total. The van der Waals surface area contributed by atoms with Crippen molar-refractivity contribution in [1.29, 1.82) is 0 Å². The van der Waals surface area contributed by atoms with Crippen LogP contribution in [0.4, 0.5) is 0 Å². The number of nitrogens with zero attached hydrogens (tertiary/aromatic N) is 3. The van der Waals surface area contributed by atoms with Crippen LogP contribution in [0.15, 0.2) is 29.1 Å². The van der Waals surface area contributed by atoms with Gasteiger partial charge in [0.1, 0.15) is 5.65 Å². The Kier molecular flexibility index (Phi) is 8.21. The Morgan fingerprint density at radius 1 is 1.11 bits per heavy atom. The van der Waals surface area contributed by atoms with Gasteiger partial charge < -0.3 is 15.2 Å². The highest BCUT2D eigenvalue weighted by atomic mass is 32.1. The molecule has 0 radical (unpaired) electrons. The van der Waals surface area contributed by atoms with E-state index in [1.165, 1.54) is 6.42 Å². The maximum absolute atomic E-state index is 13.2. The molecular formula is C27H35N5O3S. The maximum atomic E-state index is 13.2. The number of aromatic nitrogens is 2. The number of fused-ring (bicyclic) bond motifs is 1. The molecule has 3 aromatic heterocycles. The van der Waals surface area contributed by atoms with Gasteiger partial charge in [0.15, 0.2) is 5.43 Å². The number of hydrogen-bond acceptors (Lipinski definition) is 6. The van der Waals surface area contributed by atoms with Gasteiger partial charge in [-0.3, -0.25) is 19.3 Å². The number of amides is 2. The lowest BCUT2D eigenvalue weighted by Gasteiger charge is -2.22. The van der Waals surface area contributed by atoms with E-state index >= 15 is 0 Å². The molecule has 1 atom stereocenters. The van der Waals surface area contributed by atoms with Gasteiger partial charge >= 0.3 is 0 Å². The van der Waals surface area contributed by atoms with Crippen molar-refractivity contribution in [3.8, 4) is 10.6 Å². The summed E-state index contributed by atoms with van der Waals surface area (Å²) in [7, 11) is 1.57. The molecule has 0 aliphatic carbocycles. The van der Waals surface area contributed by atoms with Crippen LogP contribution in [0.2, 0.25) is 0 Å². The van der Waals surface area contributed by atoms with E-state index in [0.717, 1.165) is 40.7 Å². The molecule has 9 heteroatoms. The zero-order valence-electron chi connectivity index (χ0n) is 21.5. The third kappa shape index (κ3) is 5.37. The molecule has 3 aromatic rings. The number of carbonyl (C=O) groups excluding carboxylic acids is 2. The van der Waals surface area contributed by atoms with Gasteiger partial charge in [0.25, 0.3) is 0 Å². The van der Waals surface area contributed by atoms with Crippen LogP contribution >= 0.6 is 11.3 Å². The molecule has 1 unspecified atom stereocenters. The van der Waals surface area contributed by atoms with Gasteiger partial charge in [-0.2, -0.15) is 0 Å². The molecule has 0 spiro atoms. The van der Waals surface area contributed by atoms with Crippen LogP contribution in [0, 0.1) is 6.92 Å². The Labute approximate surface area is 215 Å². The van der Waals surface area contributed by atoms with Crippen molar-refractivity contribution in [2.24, 2.45) is 0 Å². The molecule has 2 amide bonds. The first kappa shape index (κ1) is 26.0. The lowest BCUT2D eigenvalue weighted by atomic mass is 10.1. The molecule has 192 valence electrons. The average molecular weight is 510 g/mol. The topological polar surface area (TPSA) is 96.3 Å². The molecular weight excluding hydrogens is 474 g/mol. The largest absolute Gasteiger partial charge is 0.359 e. The molecule has 1 saturated heterocycles. The molecule has 36 heavy (non-hydrogen) atoms. The zero-order valence-corrected chi connectivity index (χ0v) is 22.3. The Balaban J connectivity index is 1.53. The highest BCUT2D eigenvalue weighted by Gasteiger charge is 2.23. The third-order valence-electron chi connectivity index (χ3n) is 7.11. The molecule has 4 rings (SSSR count). The molecule has 2 N–H and O–H groups in total. The van der Waals surface area contributed by atoms with Crippen LogP contribution in [-0.2, 0) is 29.0 Å². The Morgan fingerprint density at radius 3 is 2.64 bits per heavy atom. The summed E-state index contributed by atoms with van der Waals surface area (Å²) in [5.41, 5.74) is 2.49. The number of carbonyl (C=O) groups is 2. The van der Waals surface area contributed by atoms with E-state index in [0.29, 0.717) is 42.1 Å². The first-order valence-electron chi connectivity index (χ1n) is 12.7. The maximum Gasteiger partial charge on any atom is 0.225 e. The number of rotatable bonds is 9. The van der Waals surface area contributed by atoms with E-state index in [4.69, 9.17) is 4.98 Å². The van der Waals surface area contributed by atoms with Crippen molar-refractivity contribution >= 4 is 34.2 Å². The van der Waals surface area contributed by atoms with Gasteiger partial charge in [-0.15, -0.1) is 11.3 Å². The molecule has 1 aliphatic heterocycles. The molecule has 4 heterocycles. The fraction of sp³-hybridized carbons (Fsp3) is 0.481. The van der Waals surface area contributed by atoms with Crippen molar-refractivity contribution < 1.29 is 9.59 Å². The predicted octanol–water partition coefficient (Wildman–Crippen LogP) is 2.88. The fourth-order valence-corrected chi connectivity index (χ4v) is 6.04. The molecule has 1 aliphatic rings. The molecule has 0 aromatic carbocycles. The average Bonchev–Trinajstić information content (AvgIpc) is 3.54. The normalized spacial score (nSPS) is 15.9. The number of thiophene rings is 1. The monoisotopic (exact) mass is 509 g/mol. The first-order valence-corrected chi connectivity index (χ1v) is 13.5. The van der Waals surface area contributed by atoms with Gasteiger partial charge in [-0.05, 0) is 64.0 Å². The van der Waals surface area contributed by atoms with E-state index in [-0.39, 0.29) is 23.7 Å². The summed E-state index contributed by atoms with van der Waals surface area (Å²) in [5, 5.41) is 6.21. The van der Waals surface area contributed by atoms with E-state index < -0.39 is 0 Å². The summed E-state index contributed by atoms with van der Waals surface area (Å²) in [4.78, 5) is 46.9. The van der Waals surface area contributed by atoms with Gasteiger partial charge in [0, 0.05) is 42.3 Å². The van der Waals surface area contributed by atoms with Crippen molar-refractivity contribution in [1.82, 2.24) is 25.1 Å². The predicted molar refractivity (Wildman–Crippen MR) is 144 cm³/mol. The number of hydrogen-bond donors (Lipinski definition) is 2. The summed E-state index contributed by atoms with van der Waals surface area (Å²) in [6, 6.07) is 8.04. The summed E-state index contributed by atoms with van der Waals surface area (Å²) in [5.74, 6) is -0.153. The number of likely N-dealkylation sites (N-methyl/N-ethyl adjacent to an activating group) is 2. The Bertz CT molecular complexity index is 1330. The second-order valence-corrected chi connectivity index (χ2v) is 10.4. The molecule has 0 saturated carbocycles. The molecule has 1 fully saturated rings. The minimum absolute atomic E-state index is 0.0388. The third-order valence-corrected chi connectivity index (χ3v) is 8.22. The summed E-state index contributed by atoms with van der Waals surface area (Å²) < 4.78 is 1.99. The SMILES string of the molecule is CCN1CCCC1CNC(=O)Cc1ccc(-c2ccc3c(=O)c(CC(=O)NC)c(C)n(CC)c3n2)s1. The van der Waals surface area contributed by atoms with Crippen LogP contribution < -0.4 is 16.1 Å². The van der Waals surface area contributed by atoms with Crippen molar-refractivity contribution in [3.63, 3.8) is 0 Å². The lowest BCUT2D eigenvalue weighted by Crippen LogP contribution is -2.40. The van der Waals surface area contributed by atoms with E-state index in [1.54, 1.807) is 24.5 Å². The van der Waals surface area contributed by atoms with E-state index in [9.17, 15) is 14.4 Å². The smallest absolute Gasteiger partial charge is 0.225 e. The second-order valence-electron chi connectivity index (χ2n) is 9.23. The lowest BCUT2D eigenvalue weighted by molar-refractivity contribution is -0.121. The van der Waals surface area contributed by atoms with Gasteiger partial charge in [0.2, 0.25) is 11.8 Å². The van der Waals surface area contributed by atoms with Crippen LogP contribution in [0.1, 0.15) is 42.8 Å². The summed E-state index contributed by atoms with van der Waals surface area (Å²) in [6.07, 6.45) is 2.73. The van der Waals surface area contributed by atoms with Gasteiger partial charge in [0.05, 0.1) is 28.8 Å². The van der Waals surface area contributed by atoms with Crippen molar-refractivity contribution in [3.05, 3.63) is 50.6 Å². The summed E-state index contributed by atoms with van der Waals surface area (Å²) >= 11 is 1.55. The second kappa shape index (κ2) is 11.3. The standard InChI is InChI=1S/C27H35N5O3S/c1-5-31-13-7-8-18(31)16-29-25(34)14-19-9-12-23(36-19)22-11-10-20-26(35)21(15-24(33)28-4)17(3)32(6-2)27(20)30-22/h9-12,18H,5-8,13-16H2,1-4H3,(H,28,33)(H,29,34). The number of aryl methyl sites for hydroxylation is 1. The summed E-state index contributed by atoms with van der Waals surface area (Å²) in [6.45, 7) is 9.50. The zero-order chi connectivity index (χ0) is 25.8. The minimum atomic E-state index is -0.192. The number of nitrogens with one attached hydrogen (secondary N) is 2. The highest BCUT2D eigenvalue weighted by Crippen LogP contribution is 2.29. The van der Waals surface area contributed by atoms with Gasteiger partial charge in [-0.25, -0.2) is 4.98 Å². The van der Waals surface area contributed by atoms with Crippen molar-refractivity contribution in [2.45, 2.75) is 59.0 Å². The van der Waals surface area contributed by atoms with Crippen LogP contribution in [0.25, 0.3) is 21.6 Å². The molecule has 0 bridgehead atoms. The van der Waals surface area contributed by atoms with Crippen LogP contribution in [0.3, 0.4) is 0 Å². The Morgan fingerprint density at radius 2 is 1.92 bits per heavy atom. The number of pyridine rings is 2. The quantitative estimate of drug-likeness (QED) is 0.462. The minimum Gasteiger partial charge on any atom is -0.359 e. The number of likely N-dealkylation sites (tertiary alicyclic amines) is 1. The van der Waals surface area contributed by atoms with Crippen molar-refractivity contribution in [2.75, 3.05) is 26.7 Å². The van der Waals surface area contributed by atoms with Crippen LogP contribution in [0.5, 0.6) is 0 Å². The fourth-order valence-electron chi connectivity index (χ4n) is 5.07.